The van der Waals surface area contributed by atoms with E-state index in [4.69, 9.17) is 16.6 Å². The zero-order valence-corrected chi connectivity index (χ0v) is 27.2. The van der Waals surface area contributed by atoms with Gasteiger partial charge >= 0.3 is 6.03 Å². The minimum atomic E-state index is -3.22. The Morgan fingerprint density at radius 2 is 1.84 bits per heavy atom. The number of imidazole rings is 1. The van der Waals surface area contributed by atoms with Crippen LogP contribution in [-0.2, 0) is 23.0 Å². The van der Waals surface area contributed by atoms with Gasteiger partial charge in [0.1, 0.15) is 5.82 Å². The number of hydrogen-bond acceptors (Lipinski definition) is 5. The molecule has 9 nitrogen and oxygen atoms in total. The van der Waals surface area contributed by atoms with Gasteiger partial charge in [-0.3, -0.25) is 9.80 Å². The Morgan fingerprint density at radius 1 is 1.07 bits per heavy atom. The molecule has 4 aliphatic rings. The van der Waals surface area contributed by atoms with Gasteiger partial charge in [-0.25, -0.2) is 18.2 Å². The molecule has 1 aliphatic carbocycles. The van der Waals surface area contributed by atoms with Gasteiger partial charge in [0.05, 0.1) is 18.0 Å². The van der Waals surface area contributed by atoms with Crippen LogP contribution < -0.4 is 10.2 Å². The largest absolute Gasteiger partial charge is 0.329 e. The number of carbonyl (C=O) groups excluding carboxylic acids is 1. The summed E-state index contributed by atoms with van der Waals surface area (Å²) >= 11 is 6.04. The SMILES string of the molecule is CCS(=O)(=O)N1CCc2c(nc(C)n2[C@H]2C[C@H]3CC[C@@H](C2)N(CCCN(C(=O)Nc2ccc(Cl)cc2)c2ccccc2)C3)C1. The number of nitrogens with one attached hydrogen (secondary N) is 1. The normalized spacial score (nSPS) is 22.4. The number of anilines is 2. The molecular weight excluding hydrogens is 596 g/mol. The van der Waals surface area contributed by atoms with Crippen LogP contribution in [0.2, 0.25) is 5.02 Å². The van der Waals surface area contributed by atoms with Crippen molar-refractivity contribution in [3.05, 3.63) is 76.8 Å². The number of rotatable bonds is 9. The molecule has 1 saturated carbocycles. The van der Waals surface area contributed by atoms with Crippen LogP contribution in [0.3, 0.4) is 0 Å². The van der Waals surface area contributed by atoms with Gasteiger partial charge in [-0.05, 0) is 88.3 Å². The summed E-state index contributed by atoms with van der Waals surface area (Å²) in [5.41, 5.74) is 3.75. The number of benzene rings is 2. The predicted molar refractivity (Wildman–Crippen MR) is 176 cm³/mol. The van der Waals surface area contributed by atoms with Gasteiger partial charge in [-0.1, -0.05) is 29.8 Å². The average molecular weight is 639 g/mol. The number of fused-ring (bicyclic) bond motifs is 5. The molecule has 44 heavy (non-hydrogen) atoms. The molecule has 2 amide bonds. The fourth-order valence-electron chi connectivity index (χ4n) is 7.45. The number of urea groups is 1. The van der Waals surface area contributed by atoms with Crippen LogP contribution in [-0.4, -0.2) is 71.2 Å². The van der Waals surface area contributed by atoms with Gasteiger partial charge in [-0.15, -0.1) is 0 Å². The lowest BCUT2D eigenvalue weighted by Gasteiger charge is -2.37. The summed E-state index contributed by atoms with van der Waals surface area (Å²) in [4.78, 5) is 22.8. The first-order valence-corrected chi connectivity index (χ1v) is 17.9. The van der Waals surface area contributed by atoms with Gasteiger partial charge in [0, 0.05) is 66.8 Å². The Bertz CT molecular complexity index is 1560. The van der Waals surface area contributed by atoms with Crippen LogP contribution in [0, 0.1) is 12.8 Å². The van der Waals surface area contributed by atoms with E-state index in [1.54, 1.807) is 23.4 Å². The summed E-state index contributed by atoms with van der Waals surface area (Å²) in [6.45, 7) is 7.34. The number of halogens is 1. The lowest BCUT2D eigenvalue weighted by atomic mass is 9.94. The van der Waals surface area contributed by atoms with Crippen molar-refractivity contribution in [3.8, 4) is 0 Å². The fourth-order valence-corrected chi connectivity index (χ4v) is 8.63. The molecule has 3 aromatic rings. The molecule has 1 N–H and O–H groups in total. The molecular formula is C33H43ClN6O3S. The van der Waals surface area contributed by atoms with Gasteiger partial charge in [-0.2, -0.15) is 4.31 Å². The van der Waals surface area contributed by atoms with Crippen molar-refractivity contribution in [2.24, 2.45) is 5.92 Å². The van der Waals surface area contributed by atoms with Crippen molar-refractivity contribution in [2.75, 3.05) is 42.1 Å². The van der Waals surface area contributed by atoms with E-state index in [0.717, 1.165) is 56.0 Å². The van der Waals surface area contributed by atoms with Gasteiger partial charge in [0.25, 0.3) is 0 Å². The first-order valence-electron chi connectivity index (χ1n) is 15.9. The Kier molecular flexibility index (Phi) is 9.33. The third-order valence-electron chi connectivity index (χ3n) is 9.62. The smallest absolute Gasteiger partial charge is 0.326 e. The molecule has 236 valence electrons. The molecule has 2 saturated heterocycles. The minimum Gasteiger partial charge on any atom is -0.329 e. The Labute approximate surface area is 266 Å². The van der Waals surface area contributed by atoms with Gasteiger partial charge in [0.15, 0.2) is 0 Å². The minimum absolute atomic E-state index is 0.125. The first-order chi connectivity index (χ1) is 21.2. The molecule has 2 aromatic carbocycles. The van der Waals surface area contributed by atoms with E-state index >= 15 is 0 Å². The van der Waals surface area contributed by atoms with E-state index in [1.807, 2.05) is 47.4 Å². The zero-order chi connectivity index (χ0) is 30.8. The summed E-state index contributed by atoms with van der Waals surface area (Å²) in [5, 5.41) is 3.66. The topological polar surface area (TPSA) is 90.8 Å². The number of sulfonamides is 1. The summed E-state index contributed by atoms with van der Waals surface area (Å²) in [6.07, 6.45) is 6.25. The number of piperidine rings is 1. The molecule has 3 aliphatic heterocycles. The van der Waals surface area contributed by atoms with Crippen molar-refractivity contribution in [1.29, 1.82) is 0 Å². The number of aromatic nitrogens is 2. The predicted octanol–water partition coefficient (Wildman–Crippen LogP) is 6.10. The Morgan fingerprint density at radius 3 is 2.59 bits per heavy atom. The number of carbonyl (C=O) groups is 1. The Hall–Kier alpha value is -2.92. The maximum absolute atomic E-state index is 13.4. The molecule has 1 aromatic heterocycles. The molecule has 4 heterocycles. The maximum atomic E-state index is 13.4. The highest BCUT2D eigenvalue weighted by molar-refractivity contribution is 7.89. The van der Waals surface area contributed by atoms with Crippen molar-refractivity contribution < 1.29 is 13.2 Å². The van der Waals surface area contributed by atoms with E-state index in [0.29, 0.717) is 48.3 Å². The molecule has 0 unspecified atom stereocenters. The van der Waals surface area contributed by atoms with E-state index < -0.39 is 10.0 Å². The molecule has 7 rings (SSSR count). The van der Waals surface area contributed by atoms with Crippen LogP contribution in [0.25, 0.3) is 0 Å². The standard InChI is InChI=1S/C33H43ClN6O3S/c1-3-44(42,43)38-19-16-32-31(23-38)35-24(2)40(32)30-20-25-10-15-29(21-30)37(22-25)17-7-18-39(28-8-5-4-6-9-28)33(41)36-27-13-11-26(34)12-14-27/h4-6,8-9,11-14,25,29-30H,3,7,10,15-23H2,1-2H3,(H,36,41)/t25-,29+,30+/m1/s1. The molecule has 3 atom stereocenters. The second-order valence-corrected chi connectivity index (χ2v) is 15.1. The summed E-state index contributed by atoms with van der Waals surface area (Å²) < 4.78 is 29.1. The van der Waals surface area contributed by atoms with Crippen LogP contribution >= 0.6 is 11.6 Å². The van der Waals surface area contributed by atoms with Gasteiger partial charge < -0.3 is 9.88 Å². The van der Waals surface area contributed by atoms with Crippen LogP contribution in [0.5, 0.6) is 0 Å². The van der Waals surface area contributed by atoms with Crippen molar-refractivity contribution >= 4 is 39.0 Å². The highest BCUT2D eigenvalue weighted by atomic mass is 35.5. The molecule has 0 spiro atoms. The van der Waals surface area contributed by atoms with E-state index in [-0.39, 0.29) is 11.8 Å². The van der Waals surface area contributed by atoms with Crippen molar-refractivity contribution in [3.63, 3.8) is 0 Å². The van der Waals surface area contributed by atoms with E-state index in [9.17, 15) is 13.2 Å². The van der Waals surface area contributed by atoms with Crippen molar-refractivity contribution in [1.82, 2.24) is 18.8 Å². The van der Waals surface area contributed by atoms with Gasteiger partial charge in [0.2, 0.25) is 10.0 Å². The fraction of sp³-hybridized carbons (Fsp3) is 0.515. The molecule has 0 radical (unpaired) electrons. The van der Waals surface area contributed by atoms with Crippen LogP contribution in [0.1, 0.15) is 62.3 Å². The summed E-state index contributed by atoms with van der Waals surface area (Å²) in [7, 11) is -3.22. The first kappa shape index (κ1) is 31.1. The maximum Gasteiger partial charge on any atom is 0.326 e. The third-order valence-corrected chi connectivity index (χ3v) is 11.7. The number of nitrogens with zero attached hydrogens (tertiary/aromatic N) is 5. The van der Waals surface area contributed by atoms with Crippen LogP contribution in [0.4, 0.5) is 16.2 Å². The van der Waals surface area contributed by atoms with E-state index in [2.05, 4.69) is 21.7 Å². The highest BCUT2D eigenvalue weighted by Crippen LogP contribution is 2.41. The summed E-state index contributed by atoms with van der Waals surface area (Å²) in [6, 6.07) is 17.7. The second-order valence-electron chi connectivity index (χ2n) is 12.4. The zero-order valence-electron chi connectivity index (χ0n) is 25.7. The van der Waals surface area contributed by atoms with Crippen LogP contribution in [0.15, 0.2) is 54.6 Å². The third kappa shape index (κ3) is 6.68. The number of amides is 2. The lowest BCUT2D eigenvalue weighted by molar-refractivity contribution is 0.122. The summed E-state index contributed by atoms with van der Waals surface area (Å²) in [5.74, 6) is 1.75. The molecule has 11 heteroatoms. The number of hydrogen-bond donors (Lipinski definition) is 1. The Balaban J connectivity index is 1.11. The second kappa shape index (κ2) is 13.2. The quantitative estimate of drug-likeness (QED) is 0.306. The number of aryl methyl sites for hydroxylation is 1. The average Bonchev–Trinajstić information content (AvgIpc) is 3.13. The van der Waals surface area contributed by atoms with Crippen molar-refractivity contribution in [2.45, 2.75) is 71.0 Å². The van der Waals surface area contributed by atoms with E-state index in [1.165, 1.54) is 18.5 Å². The number of para-hydroxylation sites is 1. The monoisotopic (exact) mass is 638 g/mol. The molecule has 2 bridgehead atoms. The molecule has 3 fully saturated rings. The highest BCUT2D eigenvalue weighted by Gasteiger charge is 2.38. The lowest BCUT2D eigenvalue weighted by Crippen LogP contribution is -2.43.